The molecule has 200 valence electrons. The number of hydrogen-bond donors (Lipinski definition) is 0. The molecule has 0 unspecified atom stereocenters. The third kappa shape index (κ3) is 4.32. The topological polar surface area (TPSA) is 84.5 Å². The molecule has 5 rings (SSSR count). The molecule has 0 saturated carbocycles. The summed E-state index contributed by atoms with van der Waals surface area (Å²) in [6.07, 6.45) is -4.60. The summed E-state index contributed by atoms with van der Waals surface area (Å²) >= 11 is 0. The van der Waals surface area contributed by atoms with Gasteiger partial charge < -0.3 is 0 Å². The van der Waals surface area contributed by atoms with Crippen molar-refractivity contribution < 1.29 is 13.2 Å². The number of aryl methyl sites for hydroxylation is 1. The zero-order valence-electron chi connectivity index (χ0n) is 22.1. The van der Waals surface area contributed by atoms with E-state index in [-0.39, 0.29) is 50.4 Å². The molecule has 0 N–H and O–H groups in total. The van der Waals surface area contributed by atoms with Crippen molar-refractivity contribution in [3.8, 4) is 18.2 Å². The maximum Gasteiger partial charge on any atom is 0.416 e. The fourth-order valence-electron chi connectivity index (χ4n) is 5.31. The molecule has 0 amide bonds. The van der Waals surface area contributed by atoms with Gasteiger partial charge in [0.1, 0.15) is 6.07 Å². The first-order chi connectivity index (χ1) is 20.6. The minimum absolute atomic E-state index is 0.00768. The molecule has 0 radical (unpaired) electrons. The van der Waals surface area contributed by atoms with Crippen molar-refractivity contribution in [2.75, 3.05) is 0 Å². The summed E-state index contributed by atoms with van der Waals surface area (Å²) in [6.45, 7) is 25.3. The molecule has 0 fully saturated rings. The average molecular weight is 563 g/mol. The Morgan fingerprint density at radius 3 is 1.67 bits per heavy atom. The number of hydrogen-bond acceptors (Lipinski definition) is 3. The van der Waals surface area contributed by atoms with Crippen LogP contribution in [0.1, 0.15) is 44.5 Å². The molecular weight excluding hydrogens is 549 g/mol. The minimum atomic E-state index is -4.60. The summed E-state index contributed by atoms with van der Waals surface area (Å²) in [7, 11) is 0. The van der Waals surface area contributed by atoms with Gasteiger partial charge in [0, 0.05) is 5.57 Å². The Balaban J connectivity index is 1.89. The fourth-order valence-corrected chi connectivity index (χ4v) is 5.31. The van der Waals surface area contributed by atoms with Gasteiger partial charge in [0.2, 0.25) is 5.70 Å². The van der Waals surface area contributed by atoms with Crippen LogP contribution in [-0.2, 0) is 6.18 Å². The third-order valence-corrected chi connectivity index (χ3v) is 7.18. The minimum Gasteiger partial charge on any atom is -0.237 e. The van der Waals surface area contributed by atoms with E-state index in [2.05, 4.69) is 20.6 Å². The zero-order valence-corrected chi connectivity index (χ0v) is 22.1. The zero-order chi connectivity index (χ0) is 31.1. The van der Waals surface area contributed by atoms with Crippen LogP contribution >= 0.6 is 0 Å². The highest BCUT2D eigenvalue weighted by atomic mass is 19.4. The highest BCUT2D eigenvalue weighted by Crippen LogP contribution is 2.55. The molecule has 3 aromatic rings. The van der Waals surface area contributed by atoms with Gasteiger partial charge in [-0.3, -0.25) is 0 Å². The molecule has 0 bridgehead atoms. The number of nitriles is 3. The largest absolute Gasteiger partial charge is 0.416 e. The van der Waals surface area contributed by atoms with Crippen LogP contribution in [-0.4, -0.2) is 0 Å². The van der Waals surface area contributed by atoms with Gasteiger partial charge in [0.15, 0.2) is 0 Å². The first-order valence-corrected chi connectivity index (χ1v) is 12.4. The number of rotatable bonds is 2. The van der Waals surface area contributed by atoms with Crippen LogP contribution in [0.25, 0.3) is 48.1 Å². The van der Waals surface area contributed by atoms with Gasteiger partial charge in [-0.2, -0.15) is 18.4 Å². The second-order valence-corrected chi connectivity index (χ2v) is 9.48. The van der Waals surface area contributed by atoms with Crippen LogP contribution < -0.4 is 0 Å². The van der Waals surface area contributed by atoms with Crippen LogP contribution in [0.4, 0.5) is 13.2 Å². The van der Waals surface area contributed by atoms with E-state index in [1.165, 1.54) is 12.1 Å². The normalized spacial score (nSPS) is 15.7. The highest BCUT2D eigenvalue weighted by molar-refractivity contribution is 6.29. The molecule has 43 heavy (non-hydrogen) atoms. The van der Waals surface area contributed by atoms with Crippen molar-refractivity contribution >= 4 is 33.6 Å². The molecule has 6 nitrogen and oxygen atoms in total. The van der Waals surface area contributed by atoms with Gasteiger partial charge in [0.25, 0.3) is 11.4 Å². The number of halogens is 3. The predicted molar refractivity (Wildman–Crippen MR) is 153 cm³/mol. The van der Waals surface area contributed by atoms with Crippen LogP contribution in [0.3, 0.4) is 0 Å². The molecule has 2 aliphatic carbocycles. The van der Waals surface area contributed by atoms with Gasteiger partial charge in [-0.15, -0.1) is 0 Å². The fraction of sp³-hybridized carbons (Fsp3) is 0.0588. The van der Waals surface area contributed by atoms with Crippen molar-refractivity contribution in [2.24, 2.45) is 0 Å². The Morgan fingerprint density at radius 2 is 1.19 bits per heavy atom. The summed E-state index contributed by atoms with van der Waals surface area (Å²) in [4.78, 5) is 10.5. The van der Waals surface area contributed by atoms with E-state index in [4.69, 9.17) is 19.7 Å². The summed E-state index contributed by atoms with van der Waals surface area (Å²) in [5, 5.41) is 30.0. The lowest BCUT2D eigenvalue weighted by atomic mass is 9.91. The first-order valence-electron chi connectivity index (χ1n) is 12.4. The molecular formula is C34H13F3N6. The van der Waals surface area contributed by atoms with Gasteiger partial charge >= 0.3 is 6.18 Å². The molecule has 0 atom stereocenters. The Labute approximate surface area is 244 Å². The maximum atomic E-state index is 13.3. The van der Waals surface area contributed by atoms with E-state index < -0.39 is 17.4 Å². The van der Waals surface area contributed by atoms with E-state index in [1.54, 1.807) is 24.3 Å². The quantitative estimate of drug-likeness (QED) is 0.232. The van der Waals surface area contributed by atoms with Crippen LogP contribution in [0, 0.1) is 60.6 Å². The van der Waals surface area contributed by atoms with Crippen LogP contribution in [0.5, 0.6) is 0 Å². The van der Waals surface area contributed by atoms with Gasteiger partial charge in [-0.25, -0.2) is 25.1 Å². The maximum absolute atomic E-state index is 13.3. The molecule has 9 heteroatoms. The van der Waals surface area contributed by atoms with Crippen LogP contribution in [0.15, 0.2) is 72.1 Å². The first kappa shape index (κ1) is 27.9. The molecule has 3 aromatic carbocycles. The smallest absolute Gasteiger partial charge is 0.237 e. The van der Waals surface area contributed by atoms with Crippen molar-refractivity contribution in [1.82, 2.24) is 0 Å². The summed E-state index contributed by atoms with van der Waals surface area (Å²) in [5.41, 5.74) is 2.22. The lowest BCUT2D eigenvalue weighted by molar-refractivity contribution is -0.137. The molecule has 0 aromatic heterocycles. The van der Waals surface area contributed by atoms with E-state index in [0.29, 0.717) is 22.3 Å². The summed E-state index contributed by atoms with van der Waals surface area (Å²) in [6, 6.07) is 20.2. The highest BCUT2D eigenvalue weighted by Gasteiger charge is 2.37. The molecule has 2 aliphatic rings. The molecule has 0 saturated heterocycles. The Hall–Kier alpha value is -6.65. The lowest BCUT2D eigenvalue weighted by Crippen LogP contribution is -2.04. The van der Waals surface area contributed by atoms with E-state index in [9.17, 15) is 29.0 Å². The summed E-state index contributed by atoms with van der Waals surface area (Å²) in [5.74, 6) is 0. The molecule has 0 spiro atoms. The second-order valence-electron chi connectivity index (χ2n) is 9.48. The Morgan fingerprint density at radius 1 is 0.698 bits per heavy atom. The second kappa shape index (κ2) is 10.4. The monoisotopic (exact) mass is 562 g/mol. The van der Waals surface area contributed by atoms with E-state index in [0.717, 1.165) is 17.7 Å². The number of alkyl halides is 3. The lowest BCUT2D eigenvalue weighted by Gasteiger charge is -2.13. The molecule has 0 aliphatic heterocycles. The van der Waals surface area contributed by atoms with Crippen molar-refractivity contribution in [3.05, 3.63) is 151 Å². The Bertz CT molecular complexity index is 2120. The molecule has 0 heterocycles. The number of benzene rings is 3. The van der Waals surface area contributed by atoms with Crippen molar-refractivity contribution in [2.45, 2.75) is 13.1 Å². The predicted octanol–water partition coefficient (Wildman–Crippen LogP) is 8.57. The van der Waals surface area contributed by atoms with Gasteiger partial charge in [0.05, 0.1) is 43.0 Å². The third-order valence-electron chi connectivity index (χ3n) is 7.18. The van der Waals surface area contributed by atoms with Crippen molar-refractivity contribution in [1.29, 1.82) is 15.8 Å². The SMILES string of the molecule is [C-]#[N+]C1=C(c2ccc(C)cc2)/C(=C(/C#N)[N+]#[C-])c2cc3c(cc21)C(C#N)=C(c1ccc(C(F)(F)F)cc1)/C3=C(\C#N)[N+]#[C-]. The number of allylic oxidation sites excluding steroid dienone is 7. The Kier molecular flexibility index (Phi) is 6.74. The summed E-state index contributed by atoms with van der Waals surface area (Å²) < 4.78 is 39.8. The van der Waals surface area contributed by atoms with Gasteiger partial charge in [-0.1, -0.05) is 48.0 Å². The average Bonchev–Trinajstić information content (AvgIpc) is 3.49. The van der Waals surface area contributed by atoms with E-state index in [1.807, 2.05) is 31.2 Å². The number of fused-ring (bicyclic) bond motifs is 2. The van der Waals surface area contributed by atoms with E-state index >= 15 is 0 Å². The van der Waals surface area contributed by atoms with Gasteiger partial charge in [-0.05, 0) is 75.2 Å². The van der Waals surface area contributed by atoms with Crippen molar-refractivity contribution in [3.63, 3.8) is 0 Å². The van der Waals surface area contributed by atoms with Crippen LogP contribution in [0.2, 0.25) is 0 Å². The number of nitrogens with zero attached hydrogens (tertiary/aromatic N) is 6. The standard InChI is InChI=1S/C34H13F3N6/c1-18-5-7-20(8-6-18)30-32(28(17-40)42-3)24-14-23-22(13-25(24)33(30)43-4)26(15-38)29(31(23)27(16-39)41-2)19-9-11-21(12-10-19)34(35,36)37/h5-14H,1H3/b31-27+,32-28-.